The molecule has 0 spiro atoms. The van der Waals surface area contributed by atoms with Gasteiger partial charge in [0.05, 0.1) is 18.2 Å². The maximum atomic E-state index is 11.4. The molecule has 2 amide bonds. The predicted octanol–water partition coefficient (Wildman–Crippen LogP) is 0.541. The quantitative estimate of drug-likeness (QED) is 0.558. The lowest BCUT2D eigenvalue weighted by Crippen LogP contribution is -2.20. The molecule has 2 aromatic heterocycles. The lowest BCUT2D eigenvalue weighted by molar-refractivity contribution is 0.0602. The summed E-state index contributed by atoms with van der Waals surface area (Å²) in [7, 11) is 1.23. The van der Waals surface area contributed by atoms with Crippen LogP contribution < -0.4 is 5.32 Å². The van der Waals surface area contributed by atoms with E-state index in [9.17, 15) is 14.4 Å². The third-order valence-corrected chi connectivity index (χ3v) is 2.54. The number of carbonyl (C=O) groups is 3. The molecule has 0 aliphatic carbocycles. The van der Waals surface area contributed by atoms with E-state index in [0.29, 0.717) is 0 Å². The third kappa shape index (κ3) is 0.837. The molecule has 3 heterocycles. The number of methoxy groups -OCH3 is 1. The van der Waals surface area contributed by atoms with Gasteiger partial charge in [-0.1, -0.05) is 0 Å². The van der Waals surface area contributed by atoms with Crippen LogP contribution in [0.25, 0.3) is 11.2 Å². The highest BCUT2D eigenvalue weighted by molar-refractivity contribution is 6.29. The van der Waals surface area contributed by atoms with Gasteiger partial charge in [-0.05, 0) is 6.07 Å². The van der Waals surface area contributed by atoms with E-state index >= 15 is 0 Å². The van der Waals surface area contributed by atoms with Crippen LogP contribution in [-0.4, -0.2) is 24.9 Å². The molecule has 0 atom stereocenters. The number of amides is 2. The van der Waals surface area contributed by atoms with Gasteiger partial charge in [0.2, 0.25) is 0 Å². The van der Waals surface area contributed by atoms with Crippen LogP contribution in [0.15, 0.2) is 10.5 Å². The van der Waals surface area contributed by atoms with Crippen molar-refractivity contribution in [2.45, 2.75) is 0 Å². The number of rotatable bonds is 1. The summed E-state index contributed by atoms with van der Waals surface area (Å²) in [5, 5.41) is 2.14. The Labute approximate surface area is 88.5 Å². The maximum Gasteiger partial charge on any atom is 0.341 e. The maximum absolute atomic E-state index is 11.4. The van der Waals surface area contributed by atoms with Gasteiger partial charge in [0.15, 0.2) is 5.58 Å². The molecule has 1 aliphatic heterocycles. The van der Waals surface area contributed by atoms with Crippen LogP contribution in [0.2, 0.25) is 0 Å². The first kappa shape index (κ1) is 8.90. The van der Waals surface area contributed by atoms with Crippen LogP contribution in [0, 0.1) is 0 Å². The third-order valence-electron chi connectivity index (χ3n) is 2.54. The molecule has 0 unspecified atom stereocenters. The first-order chi connectivity index (χ1) is 7.63. The van der Waals surface area contributed by atoms with Gasteiger partial charge >= 0.3 is 5.97 Å². The van der Waals surface area contributed by atoms with Crippen LogP contribution in [-0.2, 0) is 4.74 Å². The Hall–Kier alpha value is -2.37. The first-order valence-electron chi connectivity index (χ1n) is 4.46. The Morgan fingerprint density at radius 3 is 2.69 bits per heavy atom. The summed E-state index contributed by atoms with van der Waals surface area (Å²) in [4.78, 5) is 34.1. The van der Waals surface area contributed by atoms with Gasteiger partial charge in [-0.2, -0.15) is 0 Å². The number of fused-ring (bicyclic) bond motifs is 5. The molecule has 2 bridgehead atoms. The minimum absolute atomic E-state index is 0.111. The lowest BCUT2D eigenvalue weighted by atomic mass is 10.1. The van der Waals surface area contributed by atoms with E-state index in [1.54, 1.807) is 0 Å². The van der Waals surface area contributed by atoms with Gasteiger partial charge in [0, 0.05) is 0 Å². The van der Waals surface area contributed by atoms with Gasteiger partial charge in [0.1, 0.15) is 11.1 Å². The number of esters is 1. The van der Waals surface area contributed by atoms with Crippen molar-refractivity contribution in [1.82, 2.24) is 5.32 Å². The Bertz CT molecular complexity index is 639. The van der Waals surface area contributed by atoms with Gasteiger partial charge < -0.3 is 9.15 Å². The van der Waals surface area contributed by atoms with Crippen molar-refractivity contribution in [1.29, 1.82) is 0 Å². The summed E-state index contributed by atoms with van der Waals surface area (Å²) in [6.45, 7) is 0. The van der Waals surface area contributed by atoms with Crippen molar-refractivity contribution in [3.05, 3.63) is 22.8 Å². The van der Waals surface area contributed by atoms with Crippen molar-refractivity contribution in [3.63, 3.8) is 0 Å². The zero-order valence-corrected chi connectivity index (χ0v) is 8.12. The number of imide groups is 1. The summed E-state index contributed by atoms with van der Waals surface area (Å²) in [6.07, 6.45) is 0. The SMILES string of the molecule is COC(=O)c1cc2oc1c1c2C(=O)NC1=O. The molecule has 2 aromatic rings. The minimum Gasteiger partial charge on any atom is -0.465 e. The largest absolute Gasteiger partial charge is 0.465 e. The summed E-state index contributed by atoms with van der Waals surface area (Å²) in [5.74, 6) is -1.63. The number of carbonyl (C=O) groups excluding carboxylic acids is 3. The molecule has 1 aliphatic rings. The molecule has 80 valence electrons. The first-order valence-corrected chi connectivity index (χ1v) is 4.46. The fourth-order valence-corrected chi connectivity index (χ4v) is 1.87. The fourth-order valence-electron chi connectivity index (χ4n) is 1.87. The zero-order valence-electron chi connectivity index (χ0n) is 8.12. The molecule has 6 nitrogen and oxygen atoms in total. The molecule has 1 N–H and O–H groups in total. The normalized spacial score (nSPS) is 14.3. The molecule has 3 rings (SSSR count). The highest BCUT2D eigenvalue weighted by Crippen LogP contribution is 2.35. The van der Waals surface area contributed by atoms with Crippen molar-refractivity contribution >= 4 is 28.9 Å². The summed E-state index contributed by atoms with van der Waals surface area (Å²) in [5.41, 5.74) is 0.839. The van der Waals surface area contributed by atoms with E-state index in [1.165, 1.54) is 13.2 Å². The van der Waals surface area contributed by atoms with Gasteiger partial charge in [-0.15, -0.1) is 0 Å². The monoisotopic (exact) mass is 219 g/mol. The Morgan fingerprint density at radius 2 is 2.00 bits per heavy atom. The second-order valence-corrected chi connectivity index (χ2v) is 3.38. The predicted molar refractivity (Wildman–Crippen MR) is 50.5 cm³/mol. The average Bonchev–Trinajstić information content (AvgIpc) is 2.90. The second kappa shape index (κ2) is 2.60. The number of hydrogen-bond donors (Lipinski definition) is 1. The molecular formula is C10H5NO5. The van der Waals surface area contributed by atoms with E-state index in [2.05, 4.69) is 10.1 Å². The van der Waals surface area contributed by atoms with Crippen LogP contribution in [0.5, 0.6) is 0 Å². The number of furan rings is 2. The van der Waals surface area contributed by atoms with Crippen molar-refractivity contribution in [2.75, 3.05) is 7.11 Å². The molecule has 0 fully saturated rings. The molecule has 0 aromatic carbocycles. The minimum atomic E-state index is -0.594. The Morgan fingerprint density at radius 1 is 1.31 bits per heavy atom. The lowest BCUT2D eigenvalue weighted by Gasteiger charge is -1.96. The molecule has 16 heavy (non-hydrogen) atoms. The fraction of sp³-hybridized carbons (Fsp3) is 0.100. The number of ether oxygens (including phenoxy) is 1. The van der Waals surface area contributed by atoms with Crippen LogP contribution >= 0.6 is 0 Å². The highest BCUT2D eigenvalue weighted by atomic mass is 16.5. The topological polar surface area (TPSA) is 85.6 Å². The van der Waals surface area contributed by atoms with E-state index < -0.39 is 17.8 Å². The van der Waals surface area contributed by atoms with Crippen LogP contribution in [0.3, 0.4) is 0 Å². The summed E-state index contributed by atoms with van der Waals surface area (Å²) >= 11 is 0. The molecule has 6 heteroatoms. The van der Waals surface area contributed by atoms with Crippen molar-refractivity contribution in [2.24, 2.45) is 0 Å². The van der Waals surface area contributed by atoms with Gasteiger partial charge in [-0.25, -0.2) is 4.79 Å². The number of benzene rings is 1. The van der Waals surface area contributed by atoms with Crippen molar-refractivity contribution in [3.8, 4) is 0 Å². The van der Waals surface area contributed by atoms with Crippen molar-refractivity contribution < 1.29 is 23.5 Å². The van der Waals surface area contributed by atoms with E-state index in [4.69, 9.17) is 4.42 Å². The summed E-state index contributed by atoms with van der Waals surface area (Å²) in [6, 6.07) is 1.40. The molecular weight excluding hydrogens is 214 g/mol. The van der Waals surface area contributed by atoms with E-state index in [0.717, 1.165) is 0 Å². The molecule has 0 saturated carbocycles. The summed E-state index contributed by atoms with van der Waals surface area (Å²) < 4.78 is 9.74. The molecule has 0 radical (unpaired) electrons. The smallest absolute Gasteiger partial charge is 0.341 e. The number of hydrogen-bond acceptors (Lipinski definition) is 5. The van der Waals surface area contributed by atoms with Gasteiger partial charge in [0.25, 0.3) is 11.8 Å². The highest BCUT2D eigenvalue weighted by Gasteiger charge is 2.38. The Balaban J connectivity index is 2.31. The Kier molecular flexibility index (Phi) is 1.45. The van der Waals surface area contributed by atoms with E-state index in [-0.39, 0.29) is 27.9 Å². The number of nitrogens with one attached hydrogen (secondary N) is 1. The van der Waals surface area contributed by atoms with Crippen LogP contribution in [0.1, 0.15) is 31.1 Å². The second-order valence-electron chi connectivity index (χ2n) is 3.38. The van der Waals surface area contributed by atoms with E-state index in [1.807, 2.05) is 0 Å². The van der Waals surface area contributed by atoms with Gasteiger partial charge in [-0.3, -0.25) is 14.9 Å². The average molecular weight is 219 g/mol. The standard InChI is InChI=1S/C10H5NO5/c1-15-10(14)3-2-4-5-6(7(3)16-4)9(13)11-8(5)12/h2H,1H3,(H,11,12,13). The van der Waals surface area contributed by atoms with Crippen LogP contribution in [0.4, 0.5) is 0 Å². The molecule has 0 saturated heterocycles. The zero-order chi connectivity index (χ0) is 11.4.